The van der Waals surface area contributed by atoms with E-state index in [0.717, 1.165) is 5.56 Å². The van der Waals surface area contributed by atoms with Gasteiger partial charge in [-0.05, 0) is 30.3 Å². The van der Waals surface area contributed by atoms with E-state index in [1.165, 1.54) is 6.07 Å². The molecule has 2 N–H and O–H groups in total. The Morgan fingerprint density at radius 3 is 2.75 bits per heavy atom. The van der Waals surface area contributed by atoms with Gasteiger partial charge in [0, 0.05) is 29.7 Å². The number of nitrogens with one attached hydrogen (secondary N) is 1. The van der Waals surface area contributed by atoms with Crippen LogP contribution in [0.2, 0.25) is 0 Å². The number of para-hydroxylation sites is 1. The monoisotopic (exact) mass is 320 g/mol. The van der Waals surface area contributed by atoms with Crippen LogP contribution in [0.4, 0.5) is 5.69 Å². The lowest BCUT2D eigenvalue weighted by atomic mass is 10.2. The van der Waals surface area contributed by atoms with Crippen molar-refractivity contribution in [2.24, 2.45) is 0 Å². The number of hydrogen-bond acceptors (Lipinski definition) is 4. The van der Waals surface area contributed by atoms with Gasteiger partial charge in [0.05, 0.1) is 5.56 Å². The highest BCUT2D eigenvalue weighted by Crippen LogP contribution is 2.21. The second kappa shape index (κ2) is 7.28. The van der Waals surface area contributed by atoms with Crippen LogP contribution in [0.3, 0.4) is 0 Å². The summed E-state index contributed by atoms with van der Waals surface area (Å²) in [6, 6.07) is 17.3. The normalized spacial score (nSPS) is 10.2. The molecular formula is C19H16N2O3. The Hall–Kier alpha value is -3.34. The molecule has 0 saturated heterocycles. The van der Waals surface area contributed by atoms with Gasteiger partial charge in [-0.3, -0.25) is 9.78 Å². The van der Waals surface area contributed by atoms with Crippen molar-refractivity contribution in [3.05, 3.63) is 84.2 Å². The molecule has 3 rings (SSSR count). The van der Waals surface area contributed by atoms with Crippen LogP contribution in [0, 0.1) is 0 Å². The molecule has 5 nitrogen and oxygen atoms in total. The average Bonchev–Trinajstić information content (AvgIpc) is 2.61. The summed E-state index contributed by atoms with van der Waals surface area (Å²) in [4.78, 5) is 16.2. The number of anilines is 1. The SMILES string of the molecule is O=C(Nc1cccc(OCc2cccnc2)c1)c1ccccc1O. The molecule has 0 unspecified atom stereocenters. The zero-order valence-electron chi connectivity index (χ0n) is 12.8. The summed E-state index contributed by atoms with van der Waals surface area (Å²) in [5.74, 6) is 0.199. The first-order valence-corrected chi connectivity index (χ1v) is 7.43. The minimum atomic E-state index is -0.377. The van der Waals surface area contributed by atoms with Crippen LogP contribution in [0.25, 0.3) is 0 Å². The molecule has 0 fully saturated rings. The molecule has 3 aromatic rings. The predicted molar refractivity (Wildman–Crippen MR) is 91.1 cm³/mol. The lowest BCUT2D eigenvalue weighted by molar-refractivity contribution is 0.102. The van der Waals surface area contributed by atoms with Gasteiger partial charge >= 0.3 is 0 Å². The molecule has 0 bridgehead atoms. The number of ether oxygens (including phenoxy) is 1. The fourth-order valence-corrected chi connectivity index (χ4v) is 2.18. The van der Waals surface area contributed by atoms with Crippen molar-refractivity contribution in [3.8, 4) is 11.5 Å². The van der Waals surface area contributed by atoms with Crippen LogP contribution >= 0.6 is 0 Å². The second-order valence-corrected chi connectivity index (χ2v) is 5.15. The number of rotatable bonds is 5. The number of hydrogen-bond donors (Lipinski definition) is 2. The van der Waals surface area contributed by atoms with Crippen molar-refractivity contribution in [3.63, 3.8) is 0 Å². The van der Waals surface area contributed by atoms with Crippen molar-refractivity contribution in [1.82, 2.24) is 4.98 Å². The molecule has 1 amide bonds. The lowest BCUT2D eigenvalue weighted by Gasteiger charge is -2.10. The second-order valence-electron chi connectivity index (χ2n) is 5.15. The van der Waals surface area contributed by atoms with E-state index in [1.807, 2.05) is 18.2 Å². The molecule has 0 saturated carbocycles. The summed E-state index contributed by atoms with van der Waals surface area (Å²) < 4.78 is 5.70. The maximum absolute atomic E-state index is 12.2. The van der Waals surface area contributed by atoms with E-state index in [9.17, 15) is 9.90 Å². The Labute approximate surface area is 139 Å². The van der Waals surface area contributed by atoms with Gasteiger partial charge in [-0.1, -0.05) is 24.3 Å². The highest BCUT2D eigenvalue weighted by atomic mass is 16.5. The maximum Gasteiger partial charge on any atom is 0.259 e. The van der Waals surface area contributed by atoms with Gasteiger partial charge in [0.25, 0.3) is 5.91 Å². The van der Waals surface area contributed by atoms with E-state index < -0.39 is 0 Å². The molecule has 5 heteroatoms. The Kier molecular flexibility index (Phi) is 4.72. The van der Waals surface area contributed by atoms with Gasteiger partial charge in [-0.2, -0.15) is 0 Å². The summed E-state index contributed by atoms with van der Waals surface area (Å²) in [5.41, 5.74) is 1.77. The maximum atomic E-state index is 12.2. The van der Waals surface area contributed by atoms with Crippen LogP contribution in [-0.4, -0.2) is 16.0 Å². The van der Waals surface area contributed by atoms with Gasteiger partial charge in [0.1, 0.15) is 18.1 Å². The zero-order chi connectivity index (χ0) is 16.8. The van der Waals surface area contributed by atoms with Crippen molar-refractivity contribution in [2.75, 3.05) is 5.32 Å². The van der Waals surface area contributed by atoms with Gasteiger partial charge in [0.2, 0.25) is 0 Å². The number of nitrogens with zero attached hydrogens (tertiary/aromatic N) is 1. The third kappa shape index (κ3) is 3.89. The molecule has 1 aromatic heterocycles. The number of aromatic nitrogens is 1. The smallest absolute Gasteiger partial charge is 0.259 e. The third-order valence-corrected chi connectivity index (χ3v) is 3.37. The minimum absolute atomic E-state index is 0.0565. The first-order chi connectivity index (χ1) is 11.7. The van der Waals surface area contributed by atoms with Crippen LogP contribution in [0.1, 0.15) is 15.9 Å². The zero-order valence-corrected chi connectivity index (χ0v) is 12.8. The molecule has 0 spiro atoms. The van der Waals surface area contributed by atoms with Crippen molar-refractivity contribution >= 4 is 11.6 Å². The van der Waals surface area contributed by atoms with Crippen LogP contribution < -0.4 is 10.1 Å². The Balaban J connectivity index is 1.67. The fourth-order valence-electron chi connectivity index (χ4n) is 2.18. The van der Waals surface area contributed by atoms with E-state index in [1.54, 1.807) is 48.8 Å². The average molecular weight is 320 g/mol. The van der Waals surface area contributed by atoms with Crippen LogP contribution in [0.15, 0.2) is 73.1 Å². The highest BCUT2D eigenvalue weighted by Gasteiger charge is 2.10. The van der Waals surface area contributed by atoms with Gasteiger partial charge in [-0.25, -0.2) is 0 Å². The summed E-state index contributed by atoms with van der Waals surface area (Å²) in [6.45, 7) is 0.394. The third-order valence-electron chi connectivity index (χ3n) is 3.37. The van der Waals surface area contributed by atoms with Crippen molar-refractivity contribution in [1.29, 1.82) is 0 Å². The summed E-state index contributed by atoms with van der Waals surface area (Å²) >= 11 is 0. The van der Waals surface area contributed by atoms with Crippen molar-refractivity contribution < 1.29 is 14.6 Å². The molecule has 0 atom stereocenters. The standard InChI is InChI=1S/C19H16N2O3/c22-18-9-2-1-8-17(18)19(23)21-15-6-3-7-16(11-15)24-13-14-5-4-10-20-12-14/h1-12,22H,13H2,(H,21,23). The number of aromatic hydroxyl groups is 1. The molecule has 0 aliphatic rings. The summed E-state index contributed by atoms with van der Waals surface area (Å²) in [5, 5.41) is 12.5. The summed E-state index contributed by atoms with van der Waals surface area (Å²) in [7, 11) is 0. The highest BCUT2D eigenvalue weighted by molar-refractivity contribution is 6.06. The molecule has 1 heterocycles. The molecule has 120 valence electrons. The largest absolute Gasteiger partial charge is 0.507 e. The lowest BCUT2D eigenvalue weighted by Crippen LogP contribution is -2.12. The first kappa shape index (κ1) is 15.6. The predicted octanol–water partition coefficient (Wildman–Crippen LogP) is 3.62. The van der Waals surface area contributed by atoms with E-state index >= 15 is 0 Å². The van der Waals surface area contributed by atoms with Crippen LogP contribution in [0.5, 0.6) is 11.5 Å². The Morgan fingerprint density at radius 2 is 1.96 bits per heavy atom. The van der Waals surface area contributed by atoms with E-state index in [4.69, 9.17) is 4.74 Å². The van der Waals surface area contributed by atoms with Crippen molar-refractivity contribution in [2.45, 2.75) is 6.61 Å². The number of carbonyl (C=O) groups is 1. The van der Waals surface area contributed by atoms with Gasteiger partial charge < -0.3 is 15.2 Å². The molecule has 24 heavy (non-hydrogen) atoms. The topological polar surface area (TPSA) is 71.5 Å². The Morgan fingerprint density at radius 1 is 1.08 bits per heavy atom. The quantitative estimate of drug-likeness (QED) is 0.753. The minimum Gasteiger partial charge on any atom is -0.507 e. The Bertz CT molecular complexity index is 835. The first-order valence-electron chi connectivity index (χ1n) is 7.43. The number of benzene rings is 2. The summed E-state index contributed by atoms with van der Waals surface area (Å²) in [6.07, 6.45) is 3.45. The molecule has 0 aliphatic heterocycles. The number of amides is 1. The molecule has 0 radical (unpaired) electrons. The molecule has 2 aromatic carbocycles. The van der Waals surface area contributed by atoms with Crippen LogP contribution in [-0.2, 0) is 6.61 Å². The molecule has 0 aliphatic carbocycles. The number of pyridine rings is 1. The van der Waals surface area contributed by atoms with Gasteiger partial charge in [0.15, 0.2) is 0 Å². The van der Waals surface area contributed by atoms with E-state index in [2.05, 4.69) is 10.3 Å². The van der Waals surface area contributed by atoms with Gasteiger partial charge in [-0.15, -0.1) is 0 Å². The molecular weight excluding hydrogens is 304 g/mol. The van der Waals surface area contributed by atoms with E-state index in [0.29, 0.717) is 18.0 Å². The van der Waals surface area contributed by atoms with E-state index in [-0.39, 0.29) is 17.2 Å². The number of phenols is 1. The number of carbonyl (C=O) groups excluding carboxylic acids is 1. The number of phenolic OH excluding ortho intramolecular Hbond substituents is 1. The fraction of sp³-hybridized carbons (Fsp3) is 0.0526.